The van der Waals surface area contributed by atoms with Crippen molar-refractivity contribution in [3.05, 3.63) is 51.5 Å². The van der Waals surface area contributed by atoms with Gasteiger partial charge < -0.3 is 5.11 Å². The van der Waals surface area contributed by atoms with Gasteiger partial charge in [-0.15, -0.1) is 11.3 Å². The van der Waals surface area contributed by atoms with Crippen LogP contribution in [0, 0.1) is 18.6 Å². The average Bonchev–Trinajstić information content (AvgIpc) is 3.05. The highest BCUT2D eigenvalue weighted by molar-refractivity contribution is 7.09. The highest BCUT2D eigenvalue weighted by Gasteiger charge is 2.33. The van der Waals surface area contributed by atoms with Crippen LogP contribution in [0.15, 0.2) is 23.7 Å². The summed E-state index contributed by atoms with van der Waals surface area (Å²) in [7, 11) is 0. The van der Waals surface area contributed by atoms with E-state index >= 15 is 0 Å². The fraction of sp³-hybridized carbons (Fsp3) is 0.438. The lowest BCUT2D eigenvalue weighted by molar-refractivity contribution is 0.175. The summed E-state index contributed by atoms with van der Waals surface area (Å²) in [5.41, 5.74) is 3.16. The quantitative estimate of drug-likeness (QED) is 0.939. The number of halogens is 2. The Morgan fingerprint density at radius 3 is 2.95 bits per heavy atom. The van der Waals surface area contributed by atoms with E-state index in [1.54, 1.807) is 11.3 Å². The molecule has 1 aromatic heterocycles. The van der Waals surface area contributed by atoms with Gasteiger partial charge in [-0.25, -0.2) is 13.8 Å². The largest absolute Gasteiger partial charge is 0.392 e. The number of hydrogen-bond acceptors (Lipinski definition) is 4. The van der Waals surface area contributed by atoms with Crippen molar-refractivity contribution in [1.29, 1.82) is 0 Å². The van der Waals surface area contributed by atoms with Crippen molar-refractivity contribution in [2.24, 2.45) is 0 Å². The minimum absolute atomic E-state index is 0.279. The van der Waals surface area contributed by atoms with Crippen LogP contribution in [0.2, 0.25) is 0 Å². The molecule has 0 unspecified atom stereocenters. The van der Waals surface area contributed by atoms with E-state index in [4.69, 9.17) is 0 Å². The van der Waals surface area contributed by atoms with Gasteiger partial charge in [0.2, 0.25) is 0 Å². The van der Waals surface area contributed by atoms with Crippen molar-refractivity contribution in [2.75, 3.05) is 13.1 Å². The van der Waals surface area contributed by atoms with Crippen molar-refractivity contribution >= 4 is 11.3 Å². The number of aromatic nitrogens is 1. The number of nitrogens with zero attached hydrogens (tertiary/aromatic N) is 2. The fourth-order valence-electron chi connectivity index (χ4n) is 3.03. The maximum atomic E-state index is 14.0. The van der Waals surface area contributed by atoms with Crippen LogP contribution in [0.5, 0.6) is 0 Å². The summed E-state index contributed by atoms with van der Waals surface area (Å²) in [5.74, 6) is -0.865. The van der Waals surface area contributed by atoms with E-state index < -0.39 is 17.7 Å². The Kier molecular flexibility index (Phi) is 4.52. The fourth-order valence-corrected chi connectivity index (χ4v) is 3.80. The number of aryl methyl sites for hydroxylation is 1. The third-order valence-corrected chi connectivity index (χ3v) is 5.16. The van der Waals surface area contributed by atoms with Gasteiger partial charge in [-0.2, -0.15) is 0 Å². The van der Waals surface area contributed by atoms with Crippen molar-refractivity contribution < 1.29 is 13.9 Å². The summed E-state index contributed by atoms with van der Waals surface area (Å²) in [6, 6.07) is 3.23. The molecule has 2 aromatic rings. The molecule has 1 aliphatic heterocycles. The van der Waals surface area contributed by atoms with Crippen molar-refractivity contribution in [1.82, 2.24) is 9.88 Å². The van der Waals surface area contributed by atoms with E-state index in [1.807, 2.05) is 17.3 Å². The van der Waals surface area contributed by atoms with Crippen molar-refractivity contribution in [2.45, 2.75) is 31.9 Å². The maximum Gasteiger partial charge on any atom is 0.128 e. The van der Waals surface area contributed by atoms with Crippen LogP contribution in [0.1, 0.15) is 28.6 Å². The first kappa shape index (κ1) is 15.5. The Morgan fingerprint density at radius 2 is 2.23 bits per heavy atom. The molecule has 1 saturated heterocycles. The predicted molar refractivity (Wildman–Crippen MR) is 81.9 cm³/mol. The van der Waals surface area contributed by atoms with Crippen LogP contribution in [-0.2, 0) is 6.42 Å². The molecule has 0 radical (unpaired) electrons. The van der Waals surface area contributed by atoms with Crippen LogP contribution in [0.3, 0.4) is 0 Å². The van der Waals surface area contributed by atoms with Gasteiger partial charge in [-0.1, -0.05) is 0 Å². The Balaban J connectivity index is 1.77. The molecule has 0 amide bonds. The molecular formula is C16H18F2N2OS. The topological polar surface area (TPSA) is 36.4 Å². The summed E-state index contributed by atoms with van der Waals surface area (Å²) < 4.78 is 27.4. The molecular weight excluding hydrogens is 306 g/mol. The number of hydrogen-bond donors (Lipinski definition) is 1. The number of aliphatic hydroxyl groups is 1. The molecule has 1 aromatic carbocycles. The van der Waals surface area contributed by atoms with Crippen LogP contribution >= 0.6 is 11.3 Å². The van der Waals surface area contributed by atoms with Crippen molar-refractivity contribution in [3.63, 3.8) is 0 Å². The molecule has 1 fully saturated rings. The van der Waals surface area contributed by atoms with Gasteiger partial charge in [0, 0.05) is 29.6 Å². The van der Waals surface area contributed by atoms with Gasteiger partial charge in [0.25, 0.3) is 0 Å². The monoisotopic (exact) mass is 324 g/mol. The predicted octanol–water partition coefficient (Wildman–Crippen LogP) is 3.08. The number of likely N-dealkylation sites (tertiary alicyclic amines) is 1. The van der Waals surface area contributed by atoms with E-state index in [0.717, 1.165) is 24.2 Å². The first-order valence-corrected chi connectivity index (χ1v) is 8.18. The number of rotatable bonds is 4. The second-order valence-corrected chi connectivity index (χ2v) is 6.62. The molecule has 118 valence electrons. The number of thiazole rings is 1. The molecule has 0 bridgehead atoms. The summed E-state index contributed by atoms with van der Waals surface area (Å²) in [6.07, 6.45) is 0.730. The van der Waals surface area contributed by atoms with E-state index in [-0.39, 0.29) is 6.04 Å². The molecule has 0 aliphatic carbocycles. The van der Waals surface area contributed by atoms with E-state index in [0.29, 0.717) is 25.1 Å². The maximum absolute atomic E-state index is 14.0. The molecule has 6 heteroatoms. The highest BCUT2D eigenvalue weighted by Crippen LogP contribution is 2.34. The van der Waals surface area contributed by atoms with Crippen LogP contribution in [0.25, 0.3) is 0 Å². The minimum atomic E-state index is -0.504. The zero-order valence-electron chi connectivity index (χ0n) is 12.3. The SMILES string of the molecule is Cc1ncsc1CCN1C[C@@H](O)C[C@@H]1c1cc(F)ccc1F. The van der Waals surface area contributed by atoms with Gasteiger partial charge in [0.15, 0.2) is 0 Å². The van der Waals surface area contributed by atoms with Gasteiger partial charge in [0.05, 0.1) is 17.3 Å². The highest BCUT2D eigenvalue weighted by atomic mass is 32.1. The molecule has 0 saturated carbocycles. The second-order valence-electron chi connectivity index (χ2n) is 5.68. The minimum Gasteiger partial charge on any atom is -0.392 e. The lowest BCUT2D eigenvalue weighted by Crippen LogP contribution is -2.27. The second kappa shape index (κ2) is 6.40. The summed E-state index contributed by atoms with van der Waals surface area (Å²) in [4.78, 5) is 7.44. The van der Waals surface area contributed by atoms with Crippen molar-refractivity contribution in [3.8, 4) is 0 Å². The standard InChI is InChI=1S/C16H18F2N2OS/c1-10-16(22-9-19-10)4-5-20-8-12(21)7-15(20)13-6-11(17)2-3-14(13)18/h2-3,6,9,12,15,21H,4-5,7-8H2,1H3/t12-,15+/m0/s1. The molecule has 2 heterocycles. The third kappa shape index (κ3) is 3.19. The smallest absolute Gasteiger partial charge is 0.128 e. The van der Waals surface area contributed by atoms with Gasteiger partial charge in [-0.05, 0) is 38.0 Å². The molecule has 3 nitrogen and oxygen atoms in total. The summed E-state index contributed by atoms with van der Waals surface area (Å²) in [5, 5.41) is 9.94. The van der Waals surface area contributed by atoms with Crippen LogP contribution in [0.4, 0.5) is 8.78 Å². The lowest BCUT2D eigenvalue weighted by Gasteiger charge is -2.24. The van der Waals surface area contributed by atoms with E-state index in [2.05, 4.69) is 4.98 Å². The first-order chi connectivity index (χ1) is 10.5. The number of aliphatic hydroxyl groups excluding tert-OH is 1. The Morgan fingerprint density at radius 1 is 1.41 bits per heavy atom. The first-order valence-electron chi connectivity index (χ1n) is 7.30. The Labute approximate surface area is 132 Å². The van der Waals surface area contributed by atoms with Gasteiger partial charge in [-0.3, -0.25) is 4.90 Å². The number of benzene rings is 1. The average molecular weight is 324 g/mol. The van der Waals surface area contributed by atoms with E-state index in [9.17, 15) is 13.9 Å². The third-order valence-electron chi connectivity index (χ3n) is 4.17. The summed E-state index contributed by atoms with van der Waals surface area (Å²) in [6.45, 7) is 3.15. The summed E-state index contributed by atoms with van der Waals surface area (Å²) >= 11 is 1.60. The number of β-amino-alcohol motifs (C(OH)–C–C–N with tert-alkyl or cyclic N) is 1. The zero-order chi connectivity index (χ0) is 15.7. The van der Waals surface area contributed by atoms with Gasteiger partial charge in [0.1, 0.15) is 11.6 Å². The van der Waals surface area contributed by atoms with Crippen LogP contribution < -0.4 is 0 Å². The molecule has 1 aliphatic rings. The normalized spacial score (nSPS) is 22.4. The molecule has 22 heavy (non-hydrogen) atoms. The van der Waals surface area contributed by atoms with Gasteiger partial charge >= 0.3 is 0 Å². The zero-order valence-corrected chi connectivity index (χ0v) is 13.1. The molecule has 3 rings (SSSR count). The molecule has 2 atom stereocenters. The Bertz CT molecular complexity index is 661. The Hall–Kier alpha value is -1.37. The lowest BCUT2D eigenvalue weighted by atomic mass is 10.0. The molecule has 0 spiro atoms. The van der Waals surface area contributed by atoms with E-state index in [1.165, 1.54) is 10.9 Å². The molecule has 1 N–H and O–H groups in total. The van der Waals surface area contributed by atoms with Crippen LogP contribution in [-0.4, -0.2) is 34.2 Å².